The first-order valence-corrected chi connectivity index (χ1v) is 4.51. The fourth-order valence-corrected chi connectivity index (χ4v) is 1.22. The third-order valence-corrected chi connectivity index (χ3v) is 1.69. The smallest absolute Gasteiger partial charge is 0.338 e. The van der Waals surface area contributed by atoms with E-state index in [2.05, 4.69) is 0 Å². The Morgan fingerprint density at radius 3 is 2.64 bits per heavy atom. The van der Waals surface area contributed by atoms with Crippen molar-refractivity contribution in [3.8, 4) is 0 Å². The molecule has 1 saturated heterocycles. The largest absolute Gasteiger partial charge is 0.466 e. The van der Waals surface area contributed by atoms with Crippen LogP contribution in [0, 0.1) is 0 Å². The summed E-state index contributed by atoms with van der Waals surface area (Å²) >= 11 is 0. The van der Waals surface area contributed by atoms with Gasteiger partial charge in [-0.15, -0.1) is 0 Å². The molecule has 0 aromatic heterocycles. The molecule has 0 amide bonds. The van der Waals surface area contributed by atoms with Crippen LogP contribution in [-0.4, -0.2) is 30.4 Å². The van der Waals surface area contributed by atoms with E-state index in [9.17, 15) is 9.59 Å². The van der Waals surface area contributed by atoms with Gasteiger partial charge >= 0.3 is 11.9 Å². The van der Waals surface area contributed by atoms with Crippen molar-refractivity contribution in [2.75, 3.05) is 6.61 Å². The van der Waals surface area contributed by atoms with Crippen LogP contribution >= 0.6 is 0 Å². The van der Waals surface area contributed by atoms with E-state index in [1.165, 1.54) is 0 Å². The van der Waals surface area contributed by atoms with Gasteiger partial charge < -0.3 is 14.2 Å². The fraction of sp³-hybridized carbons (Fsp3) is 0.778. The van der Waals surface area contributed by atoms with Gasteiger partial charge in [-0.3, -0.25) is 4.79 Å². The molecule has 1 atom stereocenters. The predicted octanol–water partition coefficient (Wildman–Crippen LogP) is 0.618. The zero-order valence-electron chi connectivity index (χ0n) is 8.53. The molecule has 1 heterocycles. The first kappa shape index (κ1) is 11.0. The van der Waals surface area contributed by atoms with Gasteiger partial charge in [0.15, 0.2) is 6.10 Å². The molecule has 0 spiro atoms. The maximum absolute atomic E-state index is 11.2. The van der Waals surface area contributed by atoms with Crippen molar-refractivity contribution < 1.29 is 23.8 Å². The number of rotatable bonds is 3. The Morgan fingerprint density at radius 2 is 2.21 bits per heavy atom. The minimum atomic E-state index is -0.936. The second-order valence-electron chi connectivity index (χ2n) is 3.44. The van der Waals surface area contributed by atoms with Gasteiger partial charge in [0, 0.05) is 13.8 Å². The highest BCUT2D eigenvalue weighted by atomic mass is 16.8. The quantitative estimate of drug-likeness (QED) is 0.628. The molecule has 1 rings (SSSR count). The SMILES string of the molecule is CCOC(=O)C[C@@H]1OC(C)(C)OC1=O. The summed E-state index contributed by atoms with van der Waals surface area (Å²) in [4.78, 5) is 22.2. The van der Waals surface area contributed by atoms with Crippen LogP contribution in [0.3, 0.4) is 0 Å². The summed E-state index contributed by atoms with van der Waals surface area (Å²) in [6.07, 6.45) is -0.917. The number of carbonyl (C=O) groups is 2. The molecule has 0 saturated carbocycles. The molecule has 5 heteroatoms. The van der Waals surface area contributed by atoms with E-state index in [4.69, 9.17) is 14.2 Å². The maximum Gasteiger partial charge on any atom is 0.338 e. The molecule has 5 nitrogen and oxygen atoms in total. The van der Waals surface area contributed by atoms with Gasteiger partial charge in [0.25, 0.3) is 0 Å². The Bertz CT molecular complexity index is 246. The zero-order valence-corrected chi connectivity index (χ0v) is 8.53. The van der Waals surface area contributed by atoms with Crippen molar-refractivity contribution in [1.29, 1.82) is 0 Å². The number of ether oxygens (including phenoxy) is 3. The highest BCUT2D eigenvalue weighted by Gasteiger charge is 2.42. The fourth-order valence-electron chi connectivity index (χ4n) is 1.22. The van der Waals surface area contributed by atoms with E-state index < -0.39 is 23.8 Å². The third-order valence-electron chi connectivity index (χ3n) is 1.69. The van der Waals surface area contributed by atoms with Gasteiger partial charge in [0.2, 0.25) is 5.79 Å². The first-order chi connectivity index (χ1) is 6.44. The number of carbonyl (C=O) groups excluding carboxylic acids is 2. The highest BCUT2D eigenvalue weighted by Crippen LogP contribution is 2.25. The van der Waals surface area contributed by atoms with Crippen LogP contribution in [0.5, 0.6) is 0 Å². The van der Waals surface area contributed by atoms with Crippen molar-refractivity contribution >= 4 is 11.9 Å². The van der Waals surface area contributed by atoms with E-state index in [-0.39, 0.29) is 6.42 Å². The lowest BCUT2D eigenvalue weighted by Gasteiger charge is -2.14. The number of hydrogen-bond donors (Lipinski definition) is 0. The molecule has 1 fully saturated rings. The lowest BCUT2D eigenvalue weighted by Crippen LogP contribution is -2.24. The molecule has 1 aliphatic rings. The monoisotopic (exact) mass is 202 g/mol. The molecule has 0 radical (unpaired) electrons. The second-order valence-corrected chi connectivity index (χ2v) is 3.44. The number of cyclic esters (lactones) is 1. The maximum atomic E-state index is 11.2. The van der Waals surface area contributed by atoms with E-state index in [0.717, 1.165) is 0 Å². The Balaban J connectivity index is 2.47. The summed E-state index contributed by atoms with van der Waals surface area (Å²) in [7, 11) is 0. The lowest BCUT2D eigenvalue weighted by molar-refractivity contribution is -0.161. The molecule has 1 aliphatic heterocycles. The van der Waals surface area contributed by atoms with Crippen molar-refractivity contribution in [3.05, 3.63) is 0 Å². The average Bonchev–Trinajstić information content (AvgIpc) is 2.25. The second kappa shape index (κ2) is 3.96. The van der Waals surface area contributed by atoms with Crippen LogP contribution in [-0.2, 0) is 23.8 Å². The van der Waals surface area contributed by atoms with Crippen LogP contribution in [0.25, 0.3) is 0 Å². The van der Waals surface area contributed by atoms with Crippen molar-refractivity contribution in [1.82, 2.24) is 0 Å². The summed E-state index contributed by atoms with van der Waals surface area (Å²) in [6.45, 7) is 5.24. The van der Waals surface area contributed by atoms with Gasteiger partial charge in [-0.05, 0) is 6.92 Å². The molecule has 0 N–H and O–H groups in total. The van der Waals surface area contributed by atoms with E-state index in [1.54, 1.807) is 20.8 Å². The van der Waals surface area contributed by atoms with Gasteiger partial charge in [-0.2, -0.15) is 0 Å². The van der Waals surface area contributed by atoms with Gasteiger partial charge in [-0.1, -0.05) is 0 Å². The van der Waals surface area contributed by atoms with E-state index >= 15 is 0 Å². The first-order valence-electron chi connectivity index (χ1n) is 4.51. The molecule has 14 heavy (non-hydrogen) atoms. The topological polar surface area (TPSA) is 61.8 Å². The minimum absolute atomic E-state index is 0.0872. The van der Waals surface area contributed by atoms with Crippen molar-refractivity contribution in [3.63, 3.8) is 0 Å². The molecular formula is C9H14O5. The Kier molecular flexibility index (Phi) is 3.10. The third kappa shape index (κ3) is 2.70. The summed E-state index contributed by atoms with van der Waals surface area (Å²) in [5.74, 6) is -1.90. The summed E-state index contributed by atoms with van der Waals surface area (Å²) < 4.78 is 14.8. The Hall–Kier alpha value is -1.10. The molecule has 0 unspecified atom stereocenters. The van der Waals surface area contributed by atoms with Gasteiger partial charge in [0.1, 0.15) is 0 Å². The van der Waals surface area contributed by atoms with Crippen molar-refractivity contribution in [2.24, 2.45) is 0 Å². The van der Waals surface area contributed by atoms with Gasteiger partial charge in [-0.25, -0.2) is 4.79 Å². The van der Waals surface area contributed by atoms with E-state index in [0.29, 0.717) is 6.61 Å². The van der Waals surface area contributed by atoms with Crippen LogP contribution in [0.2, 0.25) is 0 Å². The molecular weight excluding hydrogens is 188 g/mol. The van der Waals surface area contributed by atoms with Crippen LogP contribution in [0.4, 0.5) is 0 Å². The normalized spacial score (nSPS) is 24.5. The Labute approximate surface area is 82.3 Å². The number of hydrogen-bond acceptors (Lipinski definition) is 5. The molecule has 0 bridgehead atoms. The van der Waals surface area contributed by atoms with Crippen LogP contribution in [0.1, 0.15) is 27.2 Å². The van der Waals surface area contributed by atoms with Crippen molar-refractivity contribution in [2.45, 2.75) is 39.1 Å². The van der Waals surface area contributed by atoms with Crippen LogP contribution < -0.4 is 0 Å². The summed E-state index contributed by atoms with van der Waals surface area (Å²) in [6, 6.07) is 0. The van der Waals surface area contributed by atoms with Crippen LogP contribution in [0.15, 0.2) is 0 Å². The zero-order chi connectivity index (χ0) is 10.8. The Morgan fingerprint density at radius 1 is 1.57 bits per heavy atom. The molecule has 0 aromatic rings. The highest BCUT2D eigenvalue weighted by molar-refractivity contribution is 5.83. The summed E-state index contributed by atoms with van der Waals surface area (Å²) in [5, 5.41) is 0. The molecule has 80 valence electrons. The average molecular weight is 202 g/mol. The number of esters is 2. The molecule has 0 aromatic carbocycles. The minimum Gasteiger partial charge on any atom is -0.466 e. The lowest BCUT2D eigenvalue weighted by atomic mass is 10.2. The van der Waals surface area contributed by atoms with Gasteiger partial charge in [0.05, 0.1) is 13.0 Å². The standard InChI is InChI=1S/C9H14O5/c1-4-12-7(10)5-6-8(11)14-9(2,3)13-6/h6H,4-5H2,1-3H3/t6-/m0/s1. The van der Waals surface area contributed by atoms with E-state index in [1.807, 2.05) is 0 Å². The summed E-state index contributed by atoms with van der Waals surface area (Å²) in [5.41, 5.74) is 0. The predicted molar refractivity (Wildman–Crippen MR) is 46.3 cm³/mol. The molecule has 0 aliphatic carbocycles.